The molecule has 2 rings (SSSR count). The summed E-state index contributed by atoms with van der Waals surface area (Å²) in [5.41, 5.74) is 1.54. The second-order valence-corrected chi connectivity index (χ2v) is 5.27. The molecule has 1 aromatic heterocycles. The fourth-order valence-electron chi connectivity index (χ4n) is 2.14. The maximum Gasteiger partial charge on any atom is 1.00 e. The second kappa shape index (κ2) is 8.66. The molecule has 0 fully saturated rings. The summed E-state index contributed by atoms with van der Waals surface area (Å²) in [6.45, 7) is 3.63. The molecule has 1 atom stereocenters. The Bertz CT molecular complexity index is 477. The number of pyridine rings is 1. The van der Waals surface area contributed by atoms with Gasteiger partial charge in [-0.05, 0) is 38.7 Å². The van der Waals surface area contributed by atoms with Crippen LogP contribution in [-0.2, 0) is 10.3 Å². The van der Waals surface area contributed by atoms with Crippen molar-refractivity contribution >= 4 is 0 Å². The Morgan fingerprint density at radius 1 is 1.05 bits per heavy atom. The predicted octanol–water partition coefficient (Wildman–Crippen LogP) is -0.0727. The molecule has 0 amide bonds. The van der Waals surface area contributed by atoms with Crippen molar-refractivity contribution in [2.24, 2.45) is 0 Å². The third-order valence-corrected chi connectivity index (χ3v) is 3.41. The largest absolute Gasteiger partial charge is 1.00 e. The first-order chi connectivity index (χ1) is 9.63. The van der Waals surface area contributed by atoms with Crippen LogP contribution in [0.2, 0.25) is 0 Å². The van der Waals surface area contributed by atoms with Gasteiger partial charge in [0.1, 0.15) is 5.60 Å². The quantitative estimate of drug-likeness (QED) is 0.697. The van der Waals surface area contributed by atoms with Crippen molar-refractivity contribution in [3.63, 3.8) is 0 Å². The maximum absolute atomic E-state index is 6.21. The average Bonchev–Trinajstić information content (AvgIpc) is 2.48. The van der Waals surface area contributed by atoms with Gasteiger partial charge in [-0.25, -0.2) is 0 Å². The molecule has 2 aromatic rings. The van der Waals surface area contributed by atoms with Crippen molar-refractivity contribution in [2.75, 3.05) is 27.2 Å². The zero-order chi connectivity index (χ0) is 14.4. The first-order valence-corrected chi connectivity index (χ1v) is 6.88. The number of likely N-dealkylation sites (N-methyl/N-ethyl adjacent to an activating group) is 1. The topological polar surface area (TPSA) is 25.4 Å². The van der Waals surface area contributed by atoms with Crippen LogP contribution in [0.15, 0.2) is 54.7 Å². The van der Waals surface area contributed by atoms with E-state index in [1.807, 2.05) is 56.7 Å². The van der Waals surface area contributed by atoms with Crippen molar-refractivity contribution in [3.8, 4) is 0 Å². The average molecular weight is 293 g/mol. The molecule has 4 heteroatoms. The smallest absolute Gasteiger partial charge is 0.363 e. The summed E-state index contributed by atoms with van der Waals surface area (Å²) >= 11 is 0. The van der Waals surface area contributed by atoms with E-state index in [9.17, 15) is 0 Å². The first kappa shape index (κ1) is 18.3. The monoisotopic (exact) mass is 293 g/mol. The van der Waals surface area contributed by atoms with Gasteiger partial charge in [0.05, 0.1) is 12.3 Å². The van der Waals surface area contributed by atoms with Gasteiger partial charge in [0.25, 0.3) is 0 Å². The third-order valence-electron chi connectivity index (χ3n) is 3.41. The van der Waals surface area contributed by atoms with Crippen LogP contribution < -0.4 is 29.6 Å². The van der Waals surface area contributed by atoms with Gasteiger partial charge in [-0.3, -0.25) is 4.98 Å². The van der Waals surface area contributed by atoms with Crippen LogP contribution in [0.25, 0.3) is 0 Å². The first-order valence-electron chi connectivity index (χ1n) is 6.88. The van der Waals surface area contributed by atoms with Gasteiger partial charge in [-0.2, -0.15) is 0 Å². The molecule has 0 spiro atoms. The summed E-state index contributed by atoms with van der Waals surface area (Å²) in [7, 11) is 4.09. The van der Waals surface area contributed by atoms with Crippen LogP contribution in [0.1, 0.15) is 18.2 Å². The Morgan fingerprint density at radius 3 is 2.29 bits per heavy atom. The molecule has 0 bridgehead atoms. The maximum atomic E-state index is 6.21. The van der Waals surface area contributed by atoms with Crippen molar-refractivity contribution in [2.45, 2.75) is 12.5 Å². The number of nitrogens with zero attached hydrogens (tertiary/aromatic N) is 2. The molecule has 0 aliphatic heterocycles. The van der Waals surface area contributed by atoms with Crippen molar-refractivity contribution in [3.05, 3.63) is 66.0 Å². The SMILES string of the molecule is CN(C)CCOC(C)(c1ccccc1)c1ccccn1.[Na+]. The number of aromatic nitrogens is 1. The molecule has 21 heavy (non-hydrogen) atoms. The standard InChI is InChI=1S/C17H22N2O.Na/c1-17(20-14-13-19(2)3,15-9-5-4-6-10-15)16-11-7-8-12-18-16;/h4-12H,13-14H2,1-3H3;/q;+1. The van der Waals surface area contributed by atoms with Crippen molar-refractivity contribution in [1.82, 2.24) is 9.88 Å². The van der Waals surface area contributed by atoms with E-state index in [4.69, 9.17) is 4.74 Å². The summed E-state index contributed by atoms with van der Waals surface area (Å²) in [4.78, 5) is 6.60. The molecule has 1 unspecified atom stereocenters. The van der Waals surface area contributed by atoms with Gasteiger partial charge < -0.3 is 9.64 Å². The van der Waals surface area contributed by atoms with Gasteiger partial charge in [-0.1, -0.05) is 36.4 Å². The van der Waals surface area contributed by atoms with Crippen LogP contribution >= 0.6 is 0 Å². The summed E-state index contributed by atoms with van der Waals surface area (Å²) in [5, 5.41) is 0. The summed E-state index contributed by atoms with van der Waals surface area (Å²) < 4.78 is 6.21. The van der Waals surface area contributed by atoms with Crippen LogP contribution in [0.3, 0.4) is 0 Å². The molecule has 106 valence electrons. The Morgan fingerprint density at radius 2 is 1.71 bits per heavy atom. The summed E-state index contributed by atoms with van der Waals surface area (Å²) in [6.07, 6.45) is 1.81. The second-order valence-electron chi connectivity index (χ2n) is 5.27. The van der Waals surface area contributed by atoms with Gasteiger partial charge in [-0.15, -0.1) is 0 Å². The van der Waals surface area contributed by atoms with Gasteiger partial charge in [0, 0.05) is 12.7 Å². The zero-order valence-electron chi connectivity index (χ0n) is 13.4. The number of ether oxygens (including phenoxy) is 1. The molecule has 0 saturated heterocycles. The third kappa shape index (κ3) is 4.90. The number of hydrogen-bond acceptors (Lipinski definition) is 3. The van der Waals surface area contributed by atoms with Gasteiger partial charge in [0.2, 0.25) is 0 Å². The van der Waals surface area contributed by atoms with Crippen LogP contribution in [0.5, 0.6) is 0 Å². The van der Waals surface area contributed by atoms with E-state index in [1.54, 1.807) is 0 Å². The Labute approximate surface area is 149 Å². The fraction of sp³-hybridized carbons (Fsp3) is 0.353. The minimum Gasteiger partial charge on any atom is -0.363 e. The van der Waals surface area contributed by atoms with E-state index >= 15 is 0 Å². The predicted molar refractivity (Wildman–Crippen MR) is 81.6 cm³/mol. The minimum absolute atomic E-state index is 0. The van der Waals surface area contributed by atoms with Crippen molar-refractivity contribution in [1.29, 1.82) is 0 Å². The molecular formula is C17H22N2NaO+. The Kier molecular flexibility index (Phi) is 7.57. The van der Waals surface area contributed by atoms with E-state index < -0.39 is 5.60 Å². The Balaban J connectivity index is 0.00000220. The van der Waals surface area contributed by atoms with Crippen LogP contribution in [0.4, 0.5) is 0 Å². The molecule has 3 nitrogen and oxygen atoms in total. The Hall–Kier alpha value is -0.710. The van der Waals surface area contributed by atoms with Gasteiger partial charge >= 0.3 is 29.6 Å². The zero-order valence-corrected chi connectivity index (χ0v) is 15.4. The molecule has 1 aromatic carbocycles. The fourth-order valence-corrected chi connectivity index (χ4v) is 2.14. The minimum atomic E-state index is -0.515. The molecule has 0 radical (unpaired) electrons. The number of rotatable bonds is 6. The molecule has 0 aliphatic carbocycles. The normalized spacial score (nSPS) is 13.5. The van der Waals surface area contributed by atoms with E-state index in [1.165, 1.54) is 0 Å². The number of benzene rings is 1. The molecule has 0 aliphatic rings. The molecule has 0 N–H and O–H groups in total. The van der Waals surface area contributed by atoms with E-state index in [0.29, 0.717) is 6.61 Å². The van der Waals surface area contributed by atoms with E-state index in [0.717, 1.165) is 17.8 Å². The van der Waals surface area contributed by atoms with Gasteiger partial charge in [0.15, 0.2) is 0 Å². The van der Waals surface area contributed by atoms with Crippen LogP contribution in [0, 0.1) is 0 Å². The van der Waals surface area contributed by atoms with E-state index in [-0.39, 0.29) is 29.6 Å². The molecular weight excluding hydrogens is 271 g/mol. The number of hydrogen-bond donors (Lipinski definition) is 0. The summed E-state index contributed by atoms with van der Waals surface area (Å²) in [5.74, 6) is 0. The van der Waals surface area contributed by atoms with Crippen molar-refractivity contribution < 1.29 is 34.3 Å². The van der Waals surface area contributed by atoms with E-state index in [2.05, 4.69) is 28.9 Å². The molecule has 1 heterocycles. The van der Waals surface area contributed by atoms with Crippen LogP contribution in [-0.4, -0.2) is 37.1 Å². The molecule has 0 saturated carbocycles. The summed E-state index contributed by atoms with van der Waals surface area (Å²) in [6, 6.07) is 16.2.